The van der Waals surface area contributed by atoms with Gasteiger partial charge in [0.15, 0.2) is 5.79 Å². The average molecular weight is 337 g/mol. The van der Waals surface area contributed by atoms with Gasteiger partial charge in [0.25, 0.3) is 10.1 Å². The second-order valence-corrected chi connectivity index (χ2v) is 7.03. The predicted molar refractivity (Wildman–Crippen MR) is 84.2 cm³/mol. The number of hydrogen-bond donors (Lipinski definition) is 1. The highest BCUT2D eigenvalue weighted by Gasteiger charge is 2.41. The lowest BCUT2D eigenvalue weighted by atomic mass is 10.0. The van der Waals surface area contributed by atoms with Gasteiger partial charge in [-0.2, -0.15) is 8.42 Å². The van der Waals surface area contributed by atoms with E-state index in [2.05, 4.69) is 0 Å². The van der Waals surface area contributed by atoms with Gasteiger partial charge in [-0.3, -0.25) is 4.55 Å². The van der Waals surface area contributed by atoms with Gasteiger partial charge in [-0.05, 0) is 24.6 Å². The fourth-order valence-electron chi connectivity index (χ4n) is 2.94. The third-order valence-electron chi connectivity index (χ3n) is 4.04. The highest BCUT2D eigenvalue weighted by molar-refractivity contribution is 7.85. The molecule has 1 atom stereocenters. The summed E-state index contributed by atoms with van der Waals surface area (Å²) in [5, 5.41) is 0. The Morgan fingerprint density at radius 3 is 2.65 bits per heavy atom. The number of benzene rings is 1. The fraction of sp³-hybridized carbons (Fsp3) is 0.375. The van der Waals surface area contributed by atoms with E-state index in [1.54, 1.807) is 18.2 Å². The molecule has 0 saturated carbocycles. The summed E-state index contributed by atoms with van der Waals surface area (Å²) < 4.78 is 44.0. The van der Waals surface area contributed by atoms with Gasteiger partial charge in [-0.1, -0.05) is 30.4 Å². The molecule has 7 heteroatoms. The molecule has 6 nitrogen and oxygen atoms in total. The van der Waals surface area contributed by atoms with E-state index in [4.69, 9.17) is 9.47 Å². The molecule has 2 aliphatic heterocycles. The smallest absolute Gasteiger partial charge is 0.294 e. The van der Waals surface area contributed by atoms with E-state index in [0.29, 0.717) is 25.3 Å². The van der Waals surface area contributed by atoms with Crippen molar-refractivity contribution in [1.82, 2.24) is 4.90 Å². The lowest BCUT2D eigenvalue weighted by Gasteiger charge is -2.39. The van der Waals surface area contributed by atoms with Crippen LogP contribution in [0.1, 0.15) is 12.5 Å². The molecule has 1 N–H and O–H groups in total. The van der Waals surface area contributed by atoms with Crippen molar-refractivity contribution in [3.8, 4) is 0 Å². The summed E-state index contributed by atoms with van der Waals surface area (Å²) in [7, 11) is -4.27. The highest BCUT2D eigenvalue weighted by atomic mass is 32.2. The maximum atomic E-state index is 11.6. The van der Waals surface area contributed by atoms with E-state index in [-0.39, 0.29) is 10.9 Å². The first-order valence-corrected chi connectivity index (χ1v) is 8.78. The van der Waals surface area contributed by atoms with Crippen molar-refractivity contribution >= 4 is 10.1 Å². The second-order valence-electron chi connectivity index (χ2n) is 5.64. The Kier molecular flexibility index (Phi) is 4.29. The lowest BCUT2D eigenvalue weighted by Crippen LogP contribution is -2.49. The average Bonchev–Trinajstić information content (AvgIpc) is 2.95. The first-order chi connectivity index (χ1) is 10.9. The van der Waals surface area contributed by atoms with Gasteiger partial charge in [-0.25, -0.2) is 0 Å². The van der Waals surface area contributed by atoms with E-state index in [9.17, 15) is 13.0 Å². The van der Waals surface area contributed by atoms with Gasteiger partial charge in [-0.15, -0.1) is 0 Å². The Morgan fingerprint density at radius 2 is 1.96 bits per heavy atom. The minimum atomic E-state index is -4.27. The van der Waals surface area contributed by atoms with Crippen LogP contribution in [0.15, 0.2) is 53.6 Å². The van der Waals surface area contributed by atoms with Gasteiger partial charge in [0.05, 0.1) is 18.1 Å². The molecule has 0 spiro atoms. The van der Waals surface area contributed by atoms with Crippen molar-refractivity contribution in [2.75, 3.05) is 13.2 Å². The number of rotatable bonds is 4. The van der Waals surface area contributed by atoms with Crippen LogP contribution < -0.4 is 0 Å². The molecule has 1 aromatic rings. The van der Waals surface area contributed by atoms with Crippen molar-refractivity contribution in [3.63, 3.8) is 0 Å². The maximum absolute atomic E-state index is 11.6. The van der Waals surface area contributed by atoms with Crippen molar-refractivity contribution in [2.24, 2.45) is 0 Å². The third kappa shape index (κ3) is 3.32. The molecule has 1 unspecified atom stereocenters. The van der Waals surface area contributed by atoms with Crippen LogP contribution in [0.4, 0.5) is 0 Å². The van der Waals surface area contributed by atoms with E-state index in [1.807, 2.05) is 36.3 Å². The Hall–Kier alpha value is -1.67. The molecule has 3 rings (SSSR count). The summed E-state index contributed by atoms with van der Waals surface area (Å²) in [5.74, 6) is -0.783. The van der Waals surface area contributed by atoms with Crippen LogP contribution in [0.3, 0.4) is 0 Å². The summed E-state index contributed by atoms with van der Waals surface area (Å²) in [6.07, 6.45) is 7.60. The normalized spacial score (nSPS) is 23.4. The van der Waals surface area contributed by atoms with Crippen LogP contribution in [-0.4, -0.2) is 42.9 Å². The fourth-order valence-corrected chi connectivity index (χ4v) is 3.66. The monoisotopic (exact) mass is 337 g/mol. The van der Waals surface area contributed by atoms with Crippen LogP contribution >= 0.6 is 0 Å². The van der Waals surface area contributed by atoms with Crippen LogP contribution in [0, 0.1) is 0 Å². The summed E-state index contributed by atoms with van der Waals surface area (Å²) in [6.45, 7) is 3.24. The molecule has 1 saturated heterocycles. The number of ether oxygens (including phenoxy) is 2. The van der Waals surface area contributed by atoms with Crippen LogP contribution in [0.25, 0.3) is 0 Å². The van der Waals surface area contributed by atoms with Gasteiger partial charge in [0.1, 0.15) is 6.04 Å². The Morgan fingerprint density at radius 1 is 1.26 bits per heavy atom. The van der Waals surface area contributed by atoms with Crippen molar-refractivity contribution in [3.05, 3.63) is 54.3 Å². The van der Waals surface area contributed by atoms with Crippen LogP contribution in [-0.2, 0) is 26.1 Å². The Labute approximate surface area is 135 Å². The molecule has 0 aromatic heterocycles. The molecule has 0 bridgehead atoms. The quantitative estimate of drug-likeness (QED) is 0.847. The minimum absolute atomic E-state index is 0.0832. The number of nitrogens with zero attached hydrogens (tertiary/aromatic N) is 1. The Bertz CT molecular complexity index is 735. The van der Waals surface area contributed by atoms with E-state index < -0.39 is 15.9 Å². The largest absolute Gasteiger partial charge is 0.361 e. The first kappa shape index (κ1) is 16.2. The summed E-state index contributed by atoms with van der Waals surface area (Å²) in [6, 6.07) is 6.22. The number of allylic oxidation sites excluding steroid dienone is 2. The minimum Gasteiger partial charge on any atom is -0.361 e. The zero-order chi connectivity index (χ0) is 16.5. The van der Waals surface area contributed by atoms with Crippen LogP contribution in [0.2, 0.25) is 0 Å². The van der Waals surface area contributed by atoms with Crippen molar-refractivity contribution < 1.29 is 22.4 Å². The molecule has 2 aliphatic rings. The zero-order valence-electron chi connectivity index (χ0n) is 12.8. The van der Waals surface area contributed by atoms with E-state index in [1.165, 1.54) is 6.07 Å². The number of hydrogen-bond acceptors (Lipinski definition) is 5. The standard InChI is InChI=1S/C16H19NO5S/c1-16(21-10-11-22-16)15-8-4-5-9-17(15)12-13-6-2-3-7-14(13)23(18,19)20/h2-9,15H,10-12H2,1H3,(H,18,19,20). The van der Waals surface area contributed by atoms with E-state index in [0.717, 1.165) is 0 Å². The molecule has 1 fully saturated rings. The van der Waals surface area contributed by atoms with Gasteiger partial charge in [0.2, 0.25) is 0 Å². The van der Waals surface area contributed by atoms with Gasteiger partial charge >= 0.3 is 0 Å². The maximum Gasteiger partial charge on any atom is 0.294 e. The van der Waals surface area contributed by atoms with Crippen molar-refractivity contribution in [2.45, 2.75) is 30.2 Å². The first-order valence-electron chi connectivity index (χ1n) is 7.34. The topological polar surface area (TPSA) is 76.1 Å². The Balaban J connectivity index is 1.90. The highest BCUT2D eigenvalue weighted by Crippen LogP contribution is 2.31. The van der Waals surface area contributed by atoms with Gasteiger partial charge < -0.3 is 14.4 Å². The predicted octanol–water partition coefficient (Wildman–Crippen LogP) is 1.95. The van der Waals surface area contributed by atoms with Gasteiger partial charge in [0, 0.05) is 12.7 Å². The summed E-state index contributed by atoms with van der Waals surface area (Å²) >= 11 is 0. The second kappa shape index (κ2) is 6.09. The molecule has 0 amide bonds. The molecule has 23 heavy (non-hydrogen) atoms. The zero-order valence-corrected chi connectivity index (χ0v) is 13.6. The molecular weight excluding hydrogens is 318 g/mol. The van der Waals surface area contributed by atoms with Crippen molar-refractivity contribution in [1.29, 1.82) is 0 Å². The van der Waals surface area contributed by atoms with Crippen LogP contribution in [0.5, 0.6) is 0 Å². The SMILES string of the molecule is CC1(C2C=CC=CN2Cc2ccccc2S(=O)(=O)O)OCCO1. The molecule has 2 heterocycles. The van der Waals surface area contributed by atoms with E-state index >= 15 is 0 Å². The molecule has 0 aliphatic carbocycles. The molecule has 124 valence electrons. The summed E-state index contributed by atoms with van der Waals surface area (Å²) in [5.41, 5.74) is 0.515. The molecule has 0 radical (unpaired) electrons. The molecular formula is C16H19NO5S. The lowest BCUT2D eigenvalue weighted by molar-refractivity contribution is -0.173. The summed E-state index contributed by atoms with van der Waals surface area (Å²) in [4.78, 5) is 1.86. The molecule has 1 aromatic carbocycles. The third-order valence-corrected chi connectivity index (χ3v) is 4.99.